The molecule has 5 rings (SSSR count). The summed E-state index contributed by atoms with van der Waals surface area (Å²) < 4.78 is 1.85. The van der Waals surface area contributed by atoms with Crippen LogP contribution >= 0.6 is 11.8 Å². The normalized spacial score (nSPS) is 15.9. The van der Waals surface area contributed by atoms with Gasteiger partial charge >= 0.3 is 0 Å². The molecule has 1 aliphatic rings. The van der Waals surface area contributed by atoms with Gasteiger partial charge in [-0.25, -0.2) is 4.68 Å². The maximum absolute atomic E-state index is 13.8. The molecule has 1 aromatic heterocycles. The van der Waals surface area contributed by atoms with Crippen LogP contribution in [0.3, 0.4) is 0 Å². The number of benzene rings is 3. The molecule has 2 atom stereocenters. The van der Waals surface area contributed by atoms with Gasteiger partial charge in [0.15, 0.2) is 0 Å². The fourth-order valence-electron chi connectivity index (χ4n) is 4.89. The number of hydrogen-bond donors (Lipinski definition) is 1. The Kier molecular flexibility index (Phi) is 7.89. The van der Waals surface area contributed by atoms with Crippen LogP contribution in [0, 0.1) is 13.8 Å². The van der Waals surface area contributed by atoms with Gasteiger partial charge in [-0.05, 0) is 50.5 Å². The van der Waals surface area contributed by atoms with Crippen LogP contribution in [0.2, 0.25) is 0 Å². The van der Waals surface area contributed by atoms with Crippen molar-refractivity contribution in [1.29, 1.82) is 0 Å². The highest BCUT2D eigenvalue weighted by Crippen LogP contribution is 2.49. The van der Waals surface area contributed by atoms with E-state index in [2.05, 4.69) is 24.4 Å². The van der Waals surface area contributed by atoms with E-state index in [-0.39, 0.29) is 35.4 Å². The molecule has 200 valence electrons. The van der Waals surface area contributed by atoms with Gasteiger partial charge in [0, 0.05) is 17.2 Å². The summed E-state index contributed by atoms with van der Waals surface area (Å²) in [4.78, 5) is 28.6. The quantitative estimate of drug-likeness (QED) is 0.302. The molecule has 6 nitrogen and oxygen atoms in total. The summed E-state index contributed by atoms with van der Waals surface area (Å²) in [6.07, 6.45) is 0.815. The van der Waals surface area contributed by atoms with Crippen LogP contribution in [0.1, 0.15) is 47.8 Å². The average molecular weight is 539 g/mol. The number of nitrogens with one attached hydrogen (secondary N) is 1. The molecule has 4 aromatic rings. The topological polar surface area (TPSA) is 67.2 Å². The first-order valence-corrected chi connectivity index (χ1v) is 14.4. The second-order valence-electron chi connectivity index (χ2n) is 10.1. The zero-order valence-electron chi connectivity index (χ0n) is 22.8. The maximum Gasteiger partial charge on any atom is 0.240 e. The third kappa shape index (κ3) is 5.50. The molecule has 7 heteroatoms. The number of rotatable bonds is 7. The maximum atomic E-state index is 13.8. The van der Waals surface area contributed by atoms with Crippen molar-refractivity contribution in [3.63, 3.8) is 0 Å². The van der Waals surface area contributed by atoms with Gasteiger partial charge in [-0.2, -0.15) is 5.10 Å². The Morgan fingerprint density at radius 2 is 1.72 bits per heavy atom. The van der Waals surface area contributed by atoms with Crippen molar-refractivity contribution in [3.8, 4) is 16.9 Å². The summed E-state index contributed by atoms with van der Waals surface area (Å²) in [5.74, 6) is 0.623. The van der Waals surface area contributed by atoms with Crippen LogP contribution in [0.25, 0.3) is 16.9 Å². The Labute approximate surface area is 234 Å². The number of amides is 2. The van der Waals surface area contributed by atoms with Gasteiger partial charge in [0.1, 0.15) is 12.4 Å². The van der Waals surface area contributed by atoms with Crippen LogP contribution in [-0.2, 0) is 9.59 Å². The predicted molar refractivity (Wildman–Crippen MR) is 159 cm³/mol. The monoisotopic (exact) mass is 538 g/mol. The minimum Gasteiger partial charge on any atom is -0.352 e. The Bertz CT molecular complexity index is 1480. The second-order valence-corrected chi connectivity index (χ2v) is 11.2. The van der Waals surface area contributed by atoms with Crippen molar-refractivity contribution in [3.05, 3.63) is 101 Å². The van der Waals surface area contributed by atoms with E-state index in [0.29, 0.717) is 5.82 Å². The molecule has 2 amide bonds. The van der Waals surface area contributed by atoms with Gasteiger partial charge < -0.3 is 5.32 Å². The molecule has 0 aliphatic carbocycles. The summed E-state index contributed by atoms with van der Waals surface area (Å²) in [6.45, 7) is 8.09. The number of aryl methyl sites for hydroxylation is 2. The Balaban J connectivity index is 1.78. The number of nitrogens with zero attached hydrogens (tertiary/aromatic N) is 3. The third-order valence-corrected chi connectivity index (χ3v) is 8.44. The lowest BCUT2D eigenvalue weighted by atomic mass is 9.97. The van der Waals surface area contributed by atoms with Crippen molar-refractivity contribution in [2.75, 3.05) is 17.2 Å². The highest BCUT2D eigenvalue weighted by atomic mass is 32.2. The molecule has 39 heavy (non-hydrogen) atoms. The Hall–Kier alpha value is -3.84. The molecule has 0 bridgehead atoms. The number of fused-ring (bicyclic) bond motifs is 1. The van der Waals surface area contributed by atoms with Crippen LogP contribution in [-0.4, -0.2) is 39.9 Å². The second kappa shape index (κ2) is 11.5. The van der Waals surface area contributed by atoms with Crippen molar-refractivity contribution in [2.45, 2.75) is 45.4 Å². The van der Waals surface area contributed by atoms with Gasteiger partial charge in [-0.1, -0.05) is 79.2 Å². The molecule has 0 saturated heterocycles. The lowest BCUT2D eigenvalue weighted by molar-refractivity contribution is -0.123. The van der Waals surface area contributed by atoms with E-state index in [9.17, 15) is 9.59 Å². The molecular formula is C32H34N4O2S. The molecule has 2 heterocycles. The molecule has 0 saturated carbocycles. The van der Waals surface area contributed by atoms with Gasteiger partial charge in [-0.3, -0.25) is 14.5 Å². The van der Waals surface area contributed by atoms with Gasteiger partial charge in [0.25, 0.3) is 0 Å². The summed E-state index contributed by atoms with van der Waals surface area (Å²) in [6, 6.07) is 26.5. The van der Waals surface area contributed by atoms with Crippen molar-refractivity contribution in [1.82, 2.24) is 15.1 Å². The number of hydrogen-bond acceptors (Lipinski definition) is 4. The number of carbonyl (C=O) groups excluding carboxylic acids is 2. The third-order valence-electron chi connectivity index (χ3n) is 7.21. The number of aromatic nitrogens is 2. The zero-order valence-corrected chi connectivity index (χ0v) is 23.7. The standard InChI is InChI=1S/C32H34N4O2S/c1-5-23(4)33-27(37)19-35-28(38)20-39-31(26-14-10-9-11-22(26)3)29-30(24-12-7-6-8-13-24)34-36(32(29)35)25-17-15-21(2)16-18-25/h6-18,23,31H,5,19-20H2,1-4H3,(H,33,37)/t23-,31+/m1/s1. The Morgan fingerprint density at radius 1 is 1.03 bits per heavy atom. The number of anilines is 1. The summed E-state index contributed by atoms with van der Waals surface area (Å²) >= 11 is 1.59. The molecule has 0 spiro atoms. The van der Waals surface area contributed by atoms with Crippen molar-refractivity contribution in [2.24, 2.45) is 0 Å². The molecule has 1 aliphatic heterocycles. The first-order valence-electron chi connectivity index (χ1n) is 13.4. The van der Waals surface area contributed by atoms with E-state index in [1.807, 2.05) is 92.2 Å². The fourth-order valence-corrected chi connectivity index (χ4v) is 6.18. The van der Waals surface area contributed by atoms with Crippen LogP contribution < -0.4 is 10.2 Å². The lowest BCUT2D eigenvalue weighted by Crippen LogP contribution is -2.44. The van der Waals surface area contributed by atoms with E-state index < -0.39 is 0 Å². The van der Waals surface area contributed by atoms with Crippen molar-refractivity contribution >= 4 is 29.4 Å². The zero-order chi connectivity index (χ0) is 27.5. The first kappa shape index (κ1) is 26.8. The highest BCUT2D eigenvalue weighted by molar-refractivity contribution is 8.00. The smallest absolute Gasteiger partial charge is 0.240 e. The molecule has 3 aromatic carbocycles. The first-order chi connectivity index (χ1) is 18.9. The van der Waals surface area contributed by atoms with Crippen LogP contribution in [0.5, 0.6) is 0 Å². The number of thioether (sulfide) groups is 1. The largest absolute Gasteiger partial charge is 0.352 e. The van der Waals surface area contributed by atoms with Gasteiger partial charge in [-0.15, -0.1) is 11.8 Å². The predicted octanol–water partition coefficient (Wildman–Crippen LogP) is 6.24. The van der Waals surface area contributed by atoms with E-state index in [4.69, 9.17) is 5.10 Å². The fraction of sp³-hybridized carbons (Fsp3) is 0.281. The number of carbonyl (C=O) groups is 2. The average Bonchev–Trinajstić information content (AvgIpc) is 3.27. The van der Waals surface area contributed by atoms with E-state index in [0.717, 1.165) is 45.6 Å². The van der Waals surface area contributed by atoms with E-state index >= 15 is 0 Å². The molecule has 0 unspecified atom stereocenters. The highest BCUT2D eigenvalue weighted by Gasteiger charge is 2.38. The minimum absolute atomic E-state index is 0.0232. The summed E-state index contributed by atoms with van der Waals surface area (Å²) in [5, 5.41) is 8.06. The summed E-state index contributed by atoms with van der Waals surface area (Å²) in [5.41, 5.74) is 7.00. The Morgan fingerprint density at radius 3 is 2.41 bits per heavy atom. The SMILES string of the molecule is CC[C@@H](C)NC(=O)CN1C(=O)CS[C@@H](c2ccccc2C)c2c(-c3ccccc3)nn(-c3ccc(C)cc3)c21. The van der Waals surface area contributed by atoms with Crippen LogP contribution in [0.15, 0.2) is 78.9 Å². The van der Waals surface area contributed by atoms with Gasteiger partial charge in [0.05, 0.1) is 22.4 Å². The summed E-state index contributed by atoms with van der Waals surface area (Å²) in [7, 11) is 0. The molecule has 0 radical (unpaired) electrons. The van der Waals surface area contributed by atoms with Gasteiger partial charge in [0.2, 0.25) is 11.8 Å². The molecular weight excluding hydrogens is 504 g/mol. The van der Waals surface area contributed by atoms with Crippen molar-refractivity contribution < 1.29 is 9.59 Å². The van der Waals surface area contributed by atoms with E-state index in [1.54, 1.807) is 16.7 Å². The lowest BCUT2D eigenvalue weighted by Gasteiger charge is -2.24. The van der Waals surface area contributed by atoms with Crippen LogP contribution in [0.4, 0.5) is 5.82 Å². The minimum atomic E-state index is -0.180. The molecule has 0 fully saturated rings. The molecule has 1 N–H and O–H groups in total. The van der Waals surface area contributed by atoms with E-state index in [1.165, 1.54) is 0 Å².